The molecule has 0 spiro atoms. The third-order valence-corrected chi connectivity index (χ3v) is 6.93. The Balaban J connectivity index is 1.47. The van der Waals surface area contributed by atoms with Crippen molar-refractivity contribution >= 4 is 5.91 Å². The van der Waals surface area contributed by atoms with E-state index in [0.717, 1.165) is 24.9 Å². The first-order valence-corrected chi connectivity index (χ1v) is 13.7. The topological polar surface area (TPSA) is 37.3 Å². The van der Waals surface area contributed by atoms with Crippen LogP contribution >= 0.6 is 0 Å². The van der Waals surface area contributed by atoms with Gasteiger partial charge in [-0.3, -0.25) is 9.69 Å². The second-order valence-electron chi connectivity index (χ2n) is 11.4. The zero-order valence-corrected chi connectivity index (χ0v) is 23.6. The van der Waals surface area contributed by atoms with Crippen molar-refractivity contribution in [2.45, 2.75) is 58.7 Å². The molecule has 0 unspecified atom stereocenters. The fraction of sp³-hybridized carbons (Fsp3) is 0.324. The van der Waals surface area contributed by atoms with Gasteiger partial charge in [-0.2, -0.15) is 0 Å². The predicted molar refractivity (Wildman–Crippen MR) is 157 cm³/mol. The average Bonchev–Trinajstić information content (AvgIpc) is 3.31. The van der Waals surface area contributed by atoms with Crippen LogP contribution in [0.15, 0.2) is 91.1 Å². The summed E-state index contributed by atoms with van der Waals surface area (Å²) >= 11 is 0. The van der Waals surface area contributed by atoms with Crippen LogP contribution in [0.3, 0.4) is 0 Å². The van der Waals surface area contributed by atoms with E-state index in [1.807, 2.05) is 24.3 Å². The number of aromatic nitrogens is 1. The van der Waals surface area contributed by atoms with Crippen LogP contribution in [0.1, 0.15) is 65.5 Å². The average molecular weight is 526 g/mol. The van der Waals surface area contributed by atoms with Crippen molar-refractivity contribution < 1.29 is 9.18 Å². The molecular weight excluding hydrogens is 485 g/mol. The van der Waals surface area contributed by atoms with Gasteiger partial charge in [-0.1, -0.05) is 87.5 Å². The summed E-state index contributed by atoms with van der Waals surface area (Å²) in [6.45, 7) is 8.67. The van der Waals surface area contributed by atoms with Crippen molar-refractivity contribution in [3.05, 3.63) is 130 Å². The third-order valence-electron chi connectivity index (χ3n) is 6.93. The van der Waals surface area contributed by atoms with E-state index >= 15 is 4.39 Å². The largest absolute Gasteiger partial charge is 0.352 e. The Morgan fingerprint density at radius 3 is 2.23 bits per heavy atom. The van der Waals surface area contributed by atoms with E-state index in [-0.39, 0.29) is 17.1 Å². The monoisotopic (exact) mass is 525 g/mol. The molecule has 5 heteroatoms. The van der Waals surface area contributed by atoms with Gasteiger partial charge in [-0.25, -0.2) is 4.39 Å². The molecule has 39 heavy (non-hydrogen) atoms. The second-order valence-corrected chi connectivity index (χ2v) is 11.4. The minimum atomic E-state index is -0.349. The molecular formula is C34H40FN3O. The Bertz CT molecular complexity index is 1360. The van der Waals surface area contributed by atoms with Gasteiger partial charge in [0, 0.05) is 47.9 Å². The molecule has 1 aromatic heterocycles. The number of rotatable bonds is 11. The molecule has 1 N–H and O–H groups in total. The van der Waals surface area contributed by atoms with Crippen molar-refractivity contribution in [1.29, 1.82) is 0 Å². The lowest BCUT2D eigenvalue weighted by atomic mass is 9.91. The summed E-state index contributed by atoms with van der Waals surface area (Å²) in [6, 6.07) is 27.6. The normalized spacial score (nSPS) is 11.6. The molecule has 4 nitrogen and oxygen atoms in total. The van der Waals surface area contributed by atoms with Gasteiger partial charge in [-0.15, -0.1) is 0 Å². The lowest BCUT2D eigenvalue weighted by Crippen LogP contribution is -2.26. The molecule has 0 fully saturated rings. The highest BCUT2D eigenvalue weighted by atomic mass is 19.1. The minimum absolute atomic E-state index is 0.0833. The summed E-state index contributed by atoms with van der Waals surface area (Å²) in [5.74, 6) is -0.575. The maximum absolute atomic E-state index is 15.1. The predicted octanol–water partition coefficient (Wildman–Crippen LogP) is 6.97. The SMILES string of the molecule is CN(Cc1ccccc1)Cn1cc(Cc2c(F)cccc2C(=O)NCCCc2ccccc2)cc1C(C)(C)C. The van der Waals surface area contributed by atoms with Gasteiger partial charge in [0.05, 0.1) is 6.67 Å². The summed E-state index contributed by atoms with van der Waals surface area (Å²) in [5.41, 5.74) is 5.44. The Morgan fingerprint density at radius 1 is 0.897 bits per heavy atom. The standard InChI is InChI=1S/C34H40FN3O/c1-34(2,3)32-22-28(24-38(32)25-37(4)23-27-15-9-6-10-16-27)21-30-29(18-11-19-31(30)35)33(39)36-20-12-17-26-13-7-5-8-14-26/h5-11,13-16,18-19,22,24H,12,17,20-21,23,25H2,1-4H3,(H,36,39). The van der Waals surface area contributed by atoms with Crippen molar-refractivity contribution in [3.63, 3.8) is 0 Å². The summed E-state index contributed by atoms with van der Waals surface area (Å²) < 4.78 is 17.4. The summed E-state index contributed by atoms with van der Waals surface area (Å²) in [6.07, 6.45) is 4.18. The summed E-state index contributed by atoms with van der Waals surface area (Å²) in [5, 5.41) is 3.00. The number of amides is 1. The maximum Gasteiger partial charge on any atom is 0.251 e. The van der Waals surface area contributed by atoms with Gasteiger partial charge in [0.25, 0.3) is 5.91 Å². The van der Waals surface area contributed by atoms with Crippen molar-refractivity contribution in [2.75, 3.05) is 13.6 Å². The molecule has 1 heterocycles. The van der Waals surface area contributed by atoms with Crippen LogP contribution in [-0.2, 0) is 31.5 Å². The van der Waals surface area contributed by atoms with Crippen LogP contribution in [0.5, 0.6) is 0 Å². The molecule has 1 amide bonds. The zero-order valence-electron chi connectivity index (χ0n) is 23.6. The Hall–Kier alpha value is -3.70. The first-order valence-electron chi connectivity index (χ1n) is 13.7. The van der Waals surface area contributed by atoms with E-state index in [0.29, 0.717) is 30.8 Å². The van der Waals surface area contributed by atoms with E-state index in [2.05, 4.69) is 91.3 Å². The Morgan fingerprint density at radius 2 is 1.56 bits per heavy atom. The Labute approximate surface area is 232 Å². The van der Waals surface area contributed by atoms with E-state index in [1.54, 1.807) is 12.1 Å². The smallest absolute Gasteiger partial charge is 0.251 e. The number of carbonyl (C=O) groups excluding carboxylic acids is 1. The van der Waals surface area contributed by atoms with Crippen LogP contribution in [-0.4, -0.2) is 29.0 Å². The highest BCUT2D eigenvalue weighted by molar-refractivity contribution is 5.95. The van der Waals surface area contributed by atoms with Crippen LogP contribution in [0, 0.1) is 5.82 Å². The van der Waals surface area contributed by atoms with Crippen LogP contribution in [0.4, 0.5) is 4.39 Å². The van der Waals surface area contributed by atoms with E-state index < -0.39 is 0 Å². The molecule has 0 aliphatic rings. The molecule has 204 valence electrons. The number of nitrogens with one attached hydrogen (secondary N) is 1. The van der Waals surface area contributed by atoms with Gasteiger partial charge in [0.1, 0.15) is 5.82 Å². The lowest BCUT2D eigenvalue weighted by molar-refractivity contribution is 0.0952. The van der Waals surface area contributed by atoms with Crippen LogP contribution in [0.25, 0.3) is 0 Å². The maximum atomic E-state index is 15.1. The fourth-order valence-electron chi connectivity index (χ4n) is 5.02. The minimum Gasteiger partial charge on any atom is -0.352 e. The van der Waals surface area contributed by atoms with Gasteiger partial charge in [-0.05, 0) is 54.8 Å². The van der Waals surface area contributed by atoms with E-state index in [4.69, 9.17) is 0 Å². The van der Waals surface area contributed by atoms with Gasteiger partial charge in [0.2, 0.25) is 0 Å². The molecule has 0 aliphatic carbocycles. The van der Waals surface area contributed by atoms with E-state index in [9.17, 15) is 4.79 Å². The molecule has 4 aromatic rings. The van der Waals surface area contributed by atoms with E-state index in [1.165, 1.54) is 22.9 Å². The van der Waals surface area contributed by atoms with Crippen LogP contribution < -0.4 is 5.32 Å². The molecule has 0 saturated heterocycles. The van der Waals surface area contributed by atoms with Crippen molar-refractivity contribution in [2.24, 2.45) is 0 Å². The van der Waals surface area contributed by atoms with Gasteiger partial charge in [0.15, 0.2) is 0 Å². The molecule has 4 rings (SSSR count). The van der Waals surface area contributed by atoms with Crippen LogP contribution in [0.2, 0.25) is 0 Å². The highest BCUT2D eigenvalue weighted by Crippen LogP contribution is 2.27. The van der Waals surface area contributed by atoms with Crippen molar-refractivity contribution in [3.8, 4) is 0 Å². The number of hydrogen-bond donors (Lipinski definition) is 1. The lowest BCUT2D eigenvalue weighted by Gasteiger charge is -2.25. The fourth-order valence-corrected chi connectivity index (χ4v) is 5.02. The van der Waals surface area contributed by atoms with Gasteiger partial charge < -0.3 is 9.88 Å². The third kappa shape index (κ3) is 7.90. The number of nitrogens with zero attached hydrogens (tertiary/aromatic N) is 2. The molecule has 0 bridgehead atoms. The highest BCUT2D eigenvalue weighted by Gasteiger charge is 2.22. The zero-order chi connectivity index (χ0) is 27.8. The molecule has 3 aromatic carbocycles. The van der Waals surface area contributed by atoms with Crippen molar-refractivity contribution in [1.82, 2.24) is 14.8 Å². The molecule has 0 radical (unpaired) electrons. The molecule has 0 atom stereocenters. The summed E-state index contributed by atoms with van der Waals surface area (Å²) in [4.78, 5) is 15.3. The first-order chi connectivity index (χ1) is 18.7. The number of aryl methyl sites for hydroxylation is 1. The summed E-state index contributed by atoms with van der Waals surface area (Å²) in [7, 11) is 2.11. The number of carbonyl (C=O) groups is 1. The Kier molecular flexibility index (Phi) is 9.36. The molecule has 0 saturated carbocycles. The number of hydrogen-bond acceptors (Lipinski definition) is 2. The quantitative estimate of drug-likeness (QED) is 0.215. The molecule has 0 aliphatic heterocycles. The first kappa shape index (κ1) is 28.3. The second kappa shape index (κ2) is 12.9. The number of benzene rings is 3. The van der Waals surface area contributed by atoms with Gasteiger partial charge >= 0.3 is 0 Å². The number of halogens is 1.